The molecule has 4 nitrogen and oxygen atoms in total. The molecule has 0 aliphatic heterocycles. The number of unbranched alkanes of at least 4 members (excludes halogenated alkanes) is 24. The van der Waals surface area contributed by atoms with Crippen molar-refractivity contribution < 1.29 is 19.7 Å². The van der Waals surface area contributed by atoms with Crippen LogP contribution in [0.2, 0.25) is 0 Å². The molecule has 4 heteroatoms. The average molecular weight is 527 g/mol. The van der Waals surface area contributed by atoms with Crippen LogP contribution < -0.4 is 0 Å². The van der Waals surface area contributed by atoms with Gasteiger partial charge in [-0.05, 0) is 19.3 Å². The molecule has 0 aromatic rings. The molecular formula is C33H66O4. The quantitative estimate of drug-likeness (QED) is 0.0696. The molecule has 0 aliphatic rings. The highest BCUT2D eigenvalue weighted by atomic mass is 16.5. The Morgan fingerprint density at radius 2 is 0.892 bits per heavy atom. The predicted octanol–water partition coefficient (Wildman–Crippen LogP) is 9.83. The number of ether oxygens (including phenoxy) is 1. The van der Waals surface area contributed by atoms with Crippen LogP contribution in [0.25, 0.3) is 0 Å². The fraction of sp³-hybridized carbons (Fsp3) is 0.970. The maximum Gasteiger partial charge on any atom is 0.305 e. The first-order chi connectivity index (χ1) is 18.2. The Labute approximate surface area is 231 Å². The minimum Gasteiger partial charge on any atom is -0.466 e. The molecule has 0 heterocycles. The number of carbonyl (C=O) groups excluding carboxylic acids is 1. The topological polar surface area (TPSA) is 66.8 Å². The third-order valence-corrected chi connectivity index (χ3v) is 7.64. The van der Waals surface area contributed by atoms with Crippen LogP contribution in [0, 0.1) is 0 Å². The number of carbonyl (C=O) groups is 1. The van der Waals surface area contributed by atoms with Gasteiger partial charge in [-0.2, -0.15) is 0 Å². The lowest BCUT2D eigenvalue weighted by Gasteiger charge is -2.07. The second-order valence-corrected chi connectivity index (χ2v) is 11.4. The summed E-state index contributed by atoms with van der Waals surface area (Å²) < 4.78 is 5.37. The van der Waals surface area contributed by atoms with E-state index in [9.17, 15) is 9.90 Å². The van der Waals surface area contributed by atoms with Crippen LogP contribution in [0.1, 0.15) is 187 Å². The van der Waals surface area contributed by atoms with Crippen molar-refractivity contribution in [2.75, 3.05) is 13.2 Å². The van der Waals surface area contributed by atoms with Gasteiger partial charge in [-0.3, -0.25) is 4.79 Å². The third-order valence-electron chi connectivity index (χ3n) is 7.64. The smallest absolute Gasteiger partial charge is 0.305 e. The van der Waals surface area contributed by atoms with Crippen LogP contribution in [0.15, 0.2) is 0 Å². The van der Waals surface area contributed by atoms with Gasteiger partial charge in [-0.15, -0.1) is 0 Å². The van der Waals surface area contributed by atoms with E-state index in [1.165, 1.54) is 128 Å². The zero-order chi connectivity index (χ0) is 27.1. The molecule has 0 bridgehead atoms. The van der Waals surface area contributed by atoms with E-state index in [1.807, 2.05) is 0 Å². The molecule has 0 aromatic heterocycles. The molecule has 0 amide bonds. The maximum atomic E-state index is 11.9. The summed E-state index contributed by atoms with van der Waals surface area (Å²) in [5.74, 6) is -0.0191. The summed E-state index contributed by atoms with van der Waals surface area (Å²) in [6, 6.07) is 0. The fourth-order valence-electron chi connectivity index (χ4n) is 5.06. The molecule has 0 spiro atoms. The normalized spacial score (nSPS) is 12.2. The van der Waals surface area contributed by atoms with Crippen molar-refractivity contribution in [2.45, 2.75) is 193 Å². The fourth-order valence-corrected chi connectivity index (χ4v) is 5.06. The first-order valence-electron chi connectivity index (χ1n) is 16.6. The van der Waals surface area contributed by atoms with E-state index in [4.69, 9.17) is 9.84 Å². The number of aliphatic hydroxyl groups is 2. The molecule has 0 fully saturated rings. The second kappa shape index (κ2) is 31.6. The molecule has 0 radical (unpaired) electrons. The minimum absolute atomic E-state index is 0.0191. The Morgan fingerprint density at radius 3 is 1.30 bits per heavy atom. The van der Waals surface area contributed by atoms with Crippen molar-refractivity contribution in [3.05, 3.63) is 0 Å². The molecule has 0 aromatic carbocycles. The van der Waals surface area contributed by atoms with Gasteiger partial charge < -0.3 is 14.9 Å². The zero-order valence-electron chi connectivity index (χ0n) is 25.0. The summed E-state index contributed by atoms with van der Waals surface area (Å²) in [5.41, 5.74) is 0. The van der Waals surface area contributed by atoms with Crippen LogP contribution >= 0.6 is 0 Å². The monoisotopic (exact) mass is 526 g/mol. The van der Waals surface area contributed by atoms with E-state index in [1.54, 1.807) is 0 Å². The lowest BCUT2D eigenvalue weighted by molar-refractivity contribution is -0.143. The first kappa shape index (κ1) is 36.4. The van der Waals surface area contributed by atoms with E-state index < -0.39 is 6.10 Å². The van der Waals surface area contributed by atoms with Gasteiger partial charge in [0.05, 0.1) is 19.3 Å². The molecule has 1 atom stereocenters. The minimum atomic E-state index is -0.548. The lowest BCUT2D eigenvalue weighted by atomic mass is 10.0. The van der Waals surface area contributed by atoms with E-state index in [2.05, 4.69) is 6.92 Å². The number of rotatable bonds is 31. The third kappa shape index (κ3) is 31.5. The van der Waals surface area contributed by atoms with E-state index >= 15 is 0 Å². The second-order valence-electron chi connectivity index (χ2n) is 11.4. The SMILES string of the molecule is CCCCCCCCCCCCCCCCCCCCCC(=O)OCCCCCCCCCC(O)CO. The lowest BCUT2D eigenvalue weighted by Crippen LogP contribution is -2.10. The highest BCUT2D eigenvalue weighted by Crippen LogP contribution is 2.15. The maximum absolute atomic E-state index is 11.9. The summed E-state index contributed by atoms with van der Waals surface area (Å²) in [5, 5.41) is 18.1. The summed E-state index contributed by atoms with van der Waals surface area (Å²) >= 11 is 0. The highest BCUT2D eigenvalue weighted by Gasteiger charge is 2.03. The van der Waals surface area contributed by atoms with Crippen molar-refractivity contribution in [1.82, 2.24) is 0 Å². The van der Waals surface area contributed by atoms with Gasteiger partial charge in [0.1, 0.15) is 0 Å². The van der Waals surface area contributed by atoms with Crippen molar-refractivity contribution in [3.63, 3.8) is 0 Å². The number of esters is 1. The van der Waals surface area contributed by atoms with Crippen LogP contribution in [0.4, 0.5) is 0 Å². The number of hydrogen-bond donors (Lipinski definition) is 2. The summed E-state index contributed by atoms with van der Waals surface area (Å²) in [6.07, 6.45) is 34.5. The summed E-state index contributed by atoms with van der Waals surface area (Å²) in [6.45, 7) is 2.73. The Bertz CT molecular complexity index is 440. The standard InChI is InChI=1S/C33H66O4/c1-2-3-4-5-6-7-8-9-10-11-12-13-14-15-16-17-20-23-26-29-33(36)37-30-27-24-21-18-19-22-25-28-32(35)31-34/h32,34-35H,2-31H2,1H3. The molecule has 0 aliphatic carbocycles. The molecular weight excluding hydrogens is 460 g/mol. The van der Waals surface area contributed by atoms with Crippen LogP contribution in [0.5, 0.6) is 0 Å². The van der Waals surface area contributed by atoms with Crippen molar-refractivity contribution in [1.29, 1.82) is 0 Å². The zero-order valence-corrected chi connectivity index (χ0v) is 25.0. The van der Waals surface area contributed by atoms with Gasteiger partial charge in [0.15, 0.2) is 0 Å². The Morgan fingerprint density at radius 1 is 0.541 bits per heavy atom. The first-order valence-corrected chi connectivity index (χ1v) is 16.6. The highest BCUT2D eigenvalue weighted by molar-refractivity contribution is 5.69. The van der Waals surface area contributed by atoms with Crippen molar-refractivity contribution >= 4 is 5.97 Å². The number of hydrogen-bond acceptors (Lipinski definition) is 4. The molecule has 1 unspecified atom stereocenters. The molecule has 222 valence electrons. The van der Waals surface area contributed by atoms with Gasteiger partial charge in [0.25, 0.3) is 0 Å². The Kier molecular flexibility index (Phi) is 31.1. The molecule has 0 rings (SSSR count). The van der Waals surface area contributed by atoms with Crippen LogP contribution in [0.3, 0.4) is 0 Å². The van der Waals surface area contributed by atoms with Crippen molar-refractivity contribution in [3.8, 4) is 0 Å². The van der Waals surface area contributed by atoms with Gasteiger partial charge in [-0.1, -0.05) is 161 Å². The van der Waals surface area contributed by atoms with E-state index in [-0.39, 0.29) is 12.6 Å². The van der Waals surface area contributed by atoms with Gasteiger partial charge >= 0.3 is 5.97 Å². The predicted molar refractivity (Wildman–Crippen MR) is 159 cm³/mol. The van der Waals surface area contributed by atoms with Crippen molar-refractivity contribution in [2.24, 2.45) is 0 Å². The van der Waals surface area contributed by atoms with Crippen LogP contribution in [-0.4, -0.2) is 35.5 Å². The number of aliphatic hydroxyl groups excluding tert-OH is 2. The largest absolute Gasteiger partial charge is 0.466 e. The van der Waals surface area contributed by atoms with Gasteiger partial charge in [0.2, 0.25) is 0 Å². The average Bonchev–Trinajstić information content (AvgIpc) is 2.90. The van der Waals surface area contributed by atoms with E-state index in [0.717, 1.165) is 38.5 Å². The molecule has 0 saturated heterocycles. The Balaban J connectivity index is 3.15. The van der Waals surface area contributed by atoms with Crippen LogP contribution in [-0.2, 0) is 9.53 Å². The summed E-state index contributed by atoms with van der Waals surface area (Å²) in [4.78, 5) is 11.9. The molecule has 37 heavy (non-hydrogen) atoms. The van der Waals surface area contributed by atoms with Gasteiger partial charge in [0, 0.05) is 6.42 Å². The Hall–Kier alpha value is -0.610. The molecule has 0 saturated carbocycles. The summed E-state index contributed by atoms with van der Waals surface area (Å²) in [7, 11) is 0. The van der Waals surface area contributed by atoms with E-state index in [0.29, 0.717) is 19.4 Å². The van der Waals surface area contributed by atoms with Gasteiger partial charge in [-0.25, -0.2) is 0 Å². The molecule has 2 N–H and O–H groups in total.